The fourth-order valence-electron chi connectivity index (χ4n) is 2.09. The SMILES string of the molecule is C=C(C)c1cc2ccccc2c(C(=C)C)c1O. The first kappa shape index (κ1) is 11.5. The van der Waals surface area contributed by atoms with Gasteiger partial charge in [0.2, 0.25) is 0 Å². The lowest BCUT2D eigenvalue weighted by molar-refractivity contribution is 0.473. The smallest absolute Gasteiger partial charge is 0.131 e. The molecule has 0 bridgehead atoms. The van der Waals surface area contributed by atoms with E-state index in [0.29, 0.717) is 0 Å². The number of aromatic hydroxyl groups is 1. The zero-order valence-electron chi connectivity index (χ0n) is 10.2. The first-order valence-electron chi connectivity index (χ1n) is 5.59. The van der Waals surface area contributed by atoms with E-state index in [-0.39, 0.29) is 5.75 Å². The minimum atomic E-state index is 0.281. The molecule has 0 aliphatic carbocycles. The highest BCUT2D eigenvalue weighted by Crippen LogP contribution is 2.37. The fourth-order valence-corrected chi connectivity index (χ4v) is 2.09. The van der Waals surface area contributed by atoms with Crippen molar-refractivity contribution in [3.8, 4) is 5.75 Å². The molecular weight excluding hydrogens is 208 g/mol. The van der Waals surface area contributed by atoms with E-state index in [4.69, 9.17) is 0 Å². The lowest BCUT2D eigenvalue weighted by Gasteiger charge is -2.13. The Kier molecular flexibility index (Phi) is 2.76. The molecule has 1 N–H and O–H groups in total. The van der Waals surface area contributed by atoms with Crippen molar-refractivity contribution < 1.29 is 5.11 Å². The quantitative estimate of drug-likeness (QED) is 0.789. The average Bonchev–Trinajstić information content (AvgIpc) is 2.27. The van der Waals surface area contributed by atoms with Gasteiger partial charge in [0.25, 0.3) is 0 Å². The molecule has 2 rings (SSSR count). The Balaban J connectivity index is 2.95. The molecule has 0 radical (unpaired) electrons. The minimum absolute atomic E-state index is 0.281. The van der Waals surface area contributed by atoms with Gasteiger partial charge in [-0.25, -0.2) is 0 Å². The van der Waals surface area contributed by atoms with Gasteiger partial charge < -0.3 is 5.11 Å². The third-order valence-electron chi connectivity index (χ3n) is 2.91. The highest BCUT2D eigenvalue weighted by Gasteiger charge is 2.13. The Hall–Kier alpha value is -2.02. The summed E-state index contributed by atoms with van der Waals surface area (Å²) >= 11 is 0. The highest BCUT2D eigenvalue weighted by molar-refractivity contribution is 5.98. The van der Waals surface area contributed by atoms with E-state index in [1.165, 1.54) is 0 Å². The van der Waals surface area contributed by atoms with Crippen LogP contribution < -0.4 is 0 Å². The number of rotatable bonds is 2. The molecule has 2 aromatic rings. The number of fused-ring (bicyclic) bond motifs is 1. The van der Waals surface area contributed by atoms with Crippen LogP contribution in [0, 0.1) is 0 Å². The van der Waals surface area contributed by atoms with Gasteiger partial charge >= 0.3 is 0 Å². The van der Waals surface area contributed by atoms with Crippen LogP contribution >= 0.6 is 0 Å². The molecule has 0 aromatic heterocycles. The zero-order valence-corrected chi connectivity index (χ0v) is 10.2. The highest BCUT2D eigenvalue weighted by atomic mass is 16.3. The maximum Gasteiger partial charge on any atom is 0.131 e. The maximum atomic E-state index is 10.3. The molecular formula is C16H16O. The number of allylic oxidation sites excluding steroid dienone is 2. The third-order valence-corrected chi connectivity index (χ3v) is 2.91. The zero-order chi connectivity index (χ0) is 12.6. The van der Waals surface area contributed by atoms with Gasteiger partial charge in [0.05, 0.1) is 0 Å². The Morgan fingerprint density at radius 2 is 1.71 bits per heavy atom. The summed E-state index contributed by atoms with van der Waals surface area (Å²) in [7, 11) is 0. The van der Waals surface area contributed by atoms with Gasteiger partial charge in [0, 0.05) is 11.1 Å². The van der Waals surface area contributed by atoms with Gasteiger partial charge in [-0.05, 0) is 41.8 Å². The second-order valence-electron chi connectivity index (χ2n) is 4.43. The van der Waals surface area contributed by atoms with E-state index >= 15 is 0 Å². The van der Waals surface area contributed by atoms with Crippen molar-refractivity contribution in [3.05, 3.63) is 54.6 Å². The summed E-state index contributed by atoms with van der Waals surface area (Å²) in [5, 5.41) is 12.4. The molecule has 0 aliphatic rings. The van der Waals surface area contributed by atoms with Crippen LogP contribution in [0.25, 0.3) is 21.9 Å². The van der Waals surface area contributed by atoms with Crippen molar-refractivity contribution in [1.29, 1.82) is 0 Å². The standard InChI is InChI=1S/C16H16O/c1-10(2)14-9-12-7-5-6-8-13(12)15(11(3)4)16(14)17/h5-9,17H,1,3H2,2,4H3. The molecule has 0 saturated heterocycles. The lowest BCUT2D eigenvalue weighted by Crippen LogP contribution is -1.89. The normalized spacial score (nSPS) is 10.5. The van der Waals surface area contributed by atoms with Gasteiger partial charge in [-0.3, -0.25) is 0 Å². The summed E-state index contributed by atoms with van der Waals surface area (Å²) < 4.78 is 0. The summed E-state index contributed by atoms with van der Waals surface area (Å²) in [6, 6.07) is 9.97. The van der Waals surface area contributed by atoms with E-state index in [9.17, 15) is 5.11 Å². The molecule has 0 atom stereocenters. The third kappa shape index (κ3) is 1.84. The molecule has 0 fully saturated rings. The van der Waals surface area contributed by atoms with Crippen LogP contribution in [0.2, 0.25) is 0 Å². The molecule has 0 unspecified atom stereocenters. The topological polar surface area (TPSA) is 20.2 Å². The largest absolute Gasteiger partial charge is 0.507 e. The monoisotopic (exact) mass is 224 g/mol. The van der Waals surface area contributed by atoms with E-state index in [0.717, 1.165) is 33.0 Å². The van der Waals surface area contributed by atoms with Gasteiger partial charge in [-0.15, -0.1) is 0 Å². The van der Waals surface area contributed by atoms with E-state index in [2.05, 4.69) is 13.2 Å². The van der Waals surface area contributed by atoms with Crippen molar-refractivity contribution >= 4 is 21.9 Å². The summed E-state index contributed by atoms with van der Waals surface area (Å²) in [5.74, 6) is 0.281. The summed E-state index contributed by atoms with van der Waals surface area (Å²) in [6.45, 7) is 11.7. The van der Waals surface area contributed by atoms with Crippen LogP contribution in [0.5, 0.6) is 5.75 Å². The second kappa shape index (κ2) is 4.10. The predicted molar refractivity (Wildman–Crippen MR) is 75.0 cm³/mol. The van der Waals surface area contributed by atoms with Crippen LogP contribution in [0.4, 0.5) is 0 Å². The maximum absolute atomic E-state index is 10.3. The number of benzene rings is 2. The van der Waals surface area contributed by atoms with Crippen molar-refractivity contribution in [2.24, 2.45) is 0 Å². The van der Waals surface area contributed by atoms with Gasteiger partial charge in [0.1, 0.15) is 5.75 Å². The molecule has 1 nitrogen and oxygen atoms in total. The number of hydrogen-bond acceptors (Lipinski definition) is 1. The van der Waals surface area contributed by atoms with Crippen LogP contribution in [0.3, 0.4) is 0 Å². The summed E-state index contributed by atoms with van der Waals surface area (Å²) in [5.41, 5.74) is 3.33. The first-order chi connectivity index (χ1) is 8.02. The second-order valence-corrected chi connectivity index (χ2v) is 4.43. The lowest BCUT2D eigenvalue weighted by atomic mass is 9.93. The first-order valence-corrected chi connectivity index (χ1v) is 5.59. The fraction of sp³-hybridized carbons (Fsp3) is 0.125. The van der Waals surface area contributed by atoms with Crippen LogP contribution in [0.1, 0.15) is 25.0 Å². The molecule has 0 saturated carbocycles. The molecule has 2 aromatic carbocycles. The van der Waals surface area contributed by atoms with E-state index < -0.39 is 0 Å². The molecule has 0 spiro atoms. The van der Waals surface area contributed by atoms with Crippen molar-refractivity contribution in [2.45, 2.75) is 13.8 Å². The van der Waals surface area contributed by atoms with Crippen LogP contribution in [-0.2, 0) is 0 Å². The Morgan fingerprint density at radius 1 is 1.06 bits per heavy atom. The van der Waals surface area contributed by atoms with Gasteiger partial charge in [0.15, 0.2) is 0 Å². The van der Waals surface area contributed by atoms with E-state index in [1.807, 2.05) is 44.2 Å². The molecule has 0 aliphatic heterocycles. The van der Waals surface area contributed by atoms with Crippen molar-refractivity contribution in [2.75, 3.05) is 0 Å². The predicted octanol–water partition coefficient (Wildman–Crippen LogP) is 4.61. The molecule has 0 heterocycles. The minimum Gasteiger partial charge on any atom is -0.507 e. The van der Waals surface area contributed by atoms with Crippen LogP contribution in [-0.4, -0.2) is 5.11 Å². The molecule has 0 amide bonds. The summed E-state index contributed by atoms with van der Waals surface area (Å²) in [4.78, 5) is 0. The van der Waals surface area contributed by atoms with Crippen molar-refractivity contribution in [3.63, 3.8) is 0 Å². The van der Waals surface area contributed by atoms with Crippen LogP contribution in [0.15, 0.2) is 43.5 Å². The Labute approximate surface area is 102 Å². The molecule has 17 heavy (non-hydrogen) atoms. The Bertz CT molecular complexity index is 621. The van der Waals surface area contributed by atoms with Crippen molar-refractivity contribution in [1.82, 2.24) is 0 Å². The average molecular weight is 224 g/mol. The molecule has 1 heteroatoms. The molecule has 86 valence electrons. The summed E-state index contributed by atoms with van der Waals surface area (Å²) in [6.07, 6.45) is 0. The number of phenols is 1. The Morgan fingerprint density at radius 3 is 2.29 bits per heavy atom. The number of phenolic OH excluding ortho intramolecular Hbond substituents is 1. The number of hydrogen-bond donors (Lipinski definition) is 1. The van der Waals surface area contributed by atoms with Gasteiger partial charge in [-0.2, -0.15) is 0 Å². The van der Waals surface area contributed by atoms with E-state index in [1.54, 1.807) is 0 Å². The van der Waals surface area contributed by atoms with Gasteiger partial charge in [-0.1, -0.05) is 37.4 Å².